The van der Waals surface area contributed by atoms with Gasteiger partial charge in [-0.25, -0.2) is 0 Å². The predicted octanol–water partition coefficient (Wildman–Crippen LogP) is 4.52. The van der Waals surface area contributed by atoms with Gasteiger partial charge in [-0.05, 0) is 43.9 Å². The first-order valence-corrected chi connectivity index (χ1v) is 11.3. The summed E-state index contributed by atoms with van der Waals surface area (Å²) in [5.41, 5.74) is 3.96. The highest BCUT2D eigenvalue weighted by Crippen LogP contribution is 2.40. The van der Waals surface area contributed by atoms with E-state index in [2.05, 4.69) is 22.3 Å². The van der Waals surface area contributed by atoms with Crippen LogP contribution < -0.4 is 10.1 Å². The van der Waals surface area contributed by atoms with Crippen LogP contribution in [-0.4, -0.2) is 42.0 Å². The van der Waals surface area contributed by atoms with Crippen LogP contribution in [0.25, 0.3) is 10.9 Å². The molecule has 1 aliphatic carbocycles. The van der Waals surface area contributed by atoms with Crippen LogP contribution in [0.4, 0.5) is 0 Å². The number of methoxy groups -OCH3 is 1. The fourth-order valence-corrected chi connectivity index (χ4v) is 4.55. The number of para-hydroxylation sites is 2. The number of nitrogens with one attached hydrogen (secondary N) is 1. The van der Waals surface area contributed by atoms with Crippen LogP contribution in [0.2, 0.25) is 0 Å². The molecule has 0 unspecified atom stereocenters. The van der Waals surface area contributed by atoms with Crippen molar-refractivity contribution in [3.8, 4) is 5.75 Å². The zero-order valence-corrected chi connectivity index (χ0v) is 18.0. The topological polar surface area (TPSA) is 54.5 Å². The second-order valence-electron chi connectivity index (χ2n) is 8.72. The van der Waals surface area contributed by atoms with Crippen molar-refractivity contribution >= 4 is 16.8 Å². The average molecular weight is 416 g/mol. The van der Waals surface area contributed by atoms with Gasteiger partial charge in [0.1, 0.15) is 5.75 Å². The maximum atomic E-state index is 13.2. The number of hydrogen-bond acceptors (Lipinski definition) is 4. The van der Waals surface area contributed by atoms with E-state index >= 15 is 0 Å². The number of likely N-dealkylation sites (tertiary alicyclic amines) is 1. The largest absolute Gasteiger partial charge is 0.496 e. The van der Waals surface area contributed by atoms with Crippen molar-refractivity contribution in [1.82, 2.24) is 15.2 Å². The van der Waals surface area contributed by atoms with Crippen LogP contribution in [-0.2, 0) is 6.54 Å². The molecule has 0 bridgehead atoms. The SMILES string of the molecule is COc1ccccc1CN1CCC(NC(=O)c2cc(C3CC3)nc3ccccc23)CC1. The third-order valence-corrected chi connectivity index (χ3v) is 6.49. The monoisotopic (exact) mass is 415 g/mol. The first-order chi connectivity index (χ1) is 15.2. The molecule has 5 rings (SSSR count). The summed E-state index contributed by atoms with van der Waals surface area (Å²) >= 11 is 0. The van der Waals surface area contributed by atoms with Gasteiger partial charge >= 0.3 is 0 Å². The van der Waals surface area contributed by atoms with Gasteiger partial charge in [-0.1, -0.05) is 36.4 Å². The normalized spacial score (nSPS) is 17.6. The van der Waals surface area contributed by atoms with Crippen LogP contribution >= 0.6 is 0 Å². The number of carbonyl (C=O) groups is 1. The number of nitrogens with zero attached hydrogens (tertiary/aromatic N) is 2. The van der Waals surface area contributed by atoms with Crippen LogP contribution in [0.15, 0.2) is 54.6 Å². The molecular formula is C26H29N3O2. The lowest BCUT2D eigenvalue weighted by molar-refractivity contribution is 0.0910. The number of piperidine rings is 1. The van der Waals surface area contributed by atoms with Crippen molar-refractivity contribution < 1.29 is 9.53 Å². The van der Waals surface area contributed by atoms with Gasteiger partial charge in [-0.2, -0.15) is 0 Å². The van der Waals surface area contributed by atoms with E-state index in [1.165, 1.54) is 18.4 Å². The van der Waals surface area contributed by atoms with Crippen LogP contribution in [0.5, 0.6) is 5.75 Å². The lowest BCUT2D eigenvalue weighted by Gasteiger charge is -2.32. The molecule has 0 radical (unpaired) electrons. The van der Waals surface area contributed by atoms with E-state index < -0.39 is 0 Å². The maximum Gasteiger partial charge on any atom is 0.252 e. The second kappa shape index (κ2) is 8.67. The Morgan fingerprint density at radius 3 is 2.58 bits per heavy atom. The lowest BCUT2D eigenvalue weighted by atomic mass is 10.0. The number of pyridine rings is 1. The van der Waals surface area contributed by atoms with Gasteiger partial charge in [0.05, 0.1) is 18.2 Å². The Bertz CT molecular complexity index is 1080. The molecule has 160 valence electrons. The minimum atomic E-state index is 0.0312. The van der Waals surface area contributed by atoms with E-state index in [0.717, 1.165) is 60.4 Å². The number of benzene rings is 2. The van der Waals surface area contributed by atoms with Gasteiger partial charge in [-0.3, -0.25) is 14.7 Å². The Morgan fingerprint density at radius 1 is 1.06 bits per heavy atom. The second-order valence-corrected chi connectivity index (χ2v) is 8.72. The predicted molar refractivity (Wildman–Crippen MR) is 122 cm³/mol. The van der Waals surface area contributed by atoms with Gasteiger partial charge in [0.2, 0.25) is 0 Å². The molecule has 1 N–H and O–H groups in total. The molecule has 3 aromatic rings. The van der Waals surface area contributed by atoms with E-state index in [4.69, 9.17) is 9.72 Å². The van der Waals surface area contributed by atoms with E-state index in [0.29, 0.717) is 5.92 Å². The van der Waals surface area contributed by atoms with Gasteiger partial charge in [0, 0.05) is 48.2 Å². The van der Waals surface area contributed by atoms with Crippen molar-refractivity contribution in [3.63, 3.8) is 0 Å². The third-order valence-electron chi connectivity index (χ3n) is 6.49. The van der Waals surface area contributed by atoms with Gasteiger partial charge in [0.25, 0.3) is 5.91 Å². The molecule has 0 atom stereocenters. The first-order valence-electron chi connectivity index (χ1n) is 11.3. The van der Waals surface area contributed by atoms with Crippen LogP contribution in [0.1, 0.15) is 53.2 Å². The minimum absolute atomic E-state index is 0.0312. The number of aromatic nitrogens is 1. The van der Waals surface area contributed by atoms with Crippen molar-refractivity contribution in [2.45, 2.75) is 44.2 Å². The number of carbonyl (C=O) groups excluding carboxylic acids is 1. The van der Waals surface area contributed by atoms with Gasteiger partial charge in [-0.15, -0.1) is 0 Å². The molecule has 5 heteroatoms. The number of rotatable bonds is 6. The summed E-state index contributed by atoms with van der Waals surface area (Å²) in [6.07, 6.45) is 4.27. The third kappa shape index (κ3) is 4.42. The molecule has 0 spiro atoms. The summed E-state index contributed by atoms with van der Waals surface area (Å²) in [4.78, 5) is 20.4. The van der Waals surface area contributed by atoms with Crippen molar-refractivity contribution in [1.29, 1.82) is 0 Å². The summed E-state index contributed by atoms with van der Waals surface area (Å²) in [7, 11) is 1.72. The van der Waals surface area contributed by atoms with Crippen molar-refractivity contribution in [2.24, 2.45) is 0 Å². The van der Waals surface area contributed by atoms with Crippen LogP contribution in [0.3, 0.4) is 0 Å². The molecule has 31 heavy (non-hydrogen) atoms. The lowest BCUT2D eigenvalue weighted by Crippen LogP contribution is -2.44. The van der Waals surface area contributed by atoms with E-state index in [1.54, 1.807) is 7.11 Å². The summed E-state index contributed by atoms with van der Waals surface area (Å²) in [5.74, 6) is 1.49. The summed E-state index contributed by atoms with van der Waals surface area (Å²) in [5, 5.41) is 4.25. The number of fused-ring (bicyclic) bond motifs is 1. The zero-order chi connectivity index (χ0) is 21.2. The number of amides is 1. The fraction of sp³-hybridized carbons (Fsp3) is 0.385. The van der Waals surface area contributed by atoms with E-state index in [9.17, 15) is 4.79 Å². The Kier molecular flexibility index (Phi) is 5.60. The molecule has 1 saturated carbocycles. The minimum Gasteiger partial charge on any atom is -0.496 e. The molecule has 5 nitrogen and oxygen atoms in total. The molecule has 1 saturated heterocycles. The smallest absolute Gasteiger partial charge is 0.252 e. The van der Waals surface area contributed by atoms with E-state index in [-0.39, 0.29) is 11.9 Å². The molecule has 2 heterocycles. The van der Waals surface area contributed by atoms with Crippen molar-refractivity contribution in [2.75, 3.05) is 20.2 Å². The standard InChI is InChI=1S/C26H29N3O2/c1-31-25-9-5-2-6-19(25)17-29-14-12-20(13-15-29)27-26(30)22-16-24(18-10-11-18)28-23-8-4-3-7-21(22)23/h2-9,16,18,20H,10-15,17H2,1H3,(H,27,30). The Labute approximate surface area is 183 Å². The van der Waals surface area contributed by atoms with Crippen molar-refractivity contribution in [3.05, 3.63) is 71.4 Å². The molecule has 1 amide bonds. The summed E-state index contributed by atoms with van der Waals surface area (Å²) in [6, 6.07) is 18.4. The Morgan fingerprint density at radius 2 is 1.81 bits per heavy atom. The molecule has 1 aromatic heterocycles. The average Bonchev–Trinajstić information content (AvgIpc) is 3.65. The van der Waals surface area contributed by atoms with E-state index in [1.807, 2.05) is 42.5 Å². The zero-order valence-electron chi connectivity index (χ0n) is 18.0. The van der Waals surface area contributed by atoms with Crippen LogP contribution in [0, 0.1) is 0 Å². The molecule has 2 aromatic carbocycles. The highest BCUT2D eigenvalue weighted by Gasteiger charge is 2.28. The quantitative estimate of drug-likeness (QED) is 0.643. The Hall–Kier alpha value is -2.92. The maximum absolute atomic E-state index is 13.2. The number of hydrogen-bond donors (Lipinski definition) is 1. The molecule has 2 aliphatic rings. The summed E-state index contributed by atoms with van der Waals surface area (Å²) < 4.78 is 5.49. The number of ether oxygens (including phenoxy) is 1. The van der Waals surface area contributed by atoms with Gasteiger partial charge in [0.15, 0.2) is 0 Å². The molecule has 2 fully saturated rings. The first kappa shape index (κ1) is 20.0. The molecule has 1 aliphatic heterocycles. The highest BCUT2D eigenvalue weighted by atomic mass is 16.5. The Balaban J connectivity index is 1.24. The molecular weight excluding hydrogens is 386 g/mol. The van der Waals surface area contributed by atoms with Gasteiger partial charge < -0.3 is 10.1 Å². The summed E-state index contributed by atoms with van der Waals surface area (Å²) in [6.45, 7) is 2.81. The highest BCUT2D eigenvalue weighted by molar-refractivity contribution is 6.06. The fourth-order valence-electron chi connectivity index (χ4n) is 4.55.